The third-order valence-corrected chi connectivity index (χ3v) is 2.21. The molecule has 0 amide bonds. The van der Waals surface area contributed by atoms with Crippen LogP contribution in [0.2, 0.25) is 0 Å². The molecule has 10 nitrogen and oxygen atoms in total. The van der Waals surface area contributed by atoms with Crippen molar-refractivity contribution >= 4 is 23.9 Å². The summed E-state index contributed by atoms with van der Waals surface area (Å²) < 4.78 is 4.37. The molecule has 0 aromatic rings. The van der Waals surface area contributed by atoms with Gasteiger partial charge in [0.15, 0.2) is 5.96 Å². The summed E-state index contributed by atoms with van der Waals surface area (Å²) in [5.74, 6) is -3.58. The molecule has 10 heteroatoms. The van der Waals surface area contributed by atoms with Crippen LogP contribution in [0.15, 0.2) is 0 Å². The van der Waals surface area contributed by atoms with Crippen molar-refractivity contribution in [3.63, 3.8) is 0 Å². The second-order valence-electron chi connectivity index (χ2n) is 4.03. The van der Waals surface area contributed by atoms with Gasteiger partial charge in [-0.05, 0) is 12.8 Å². The molecule has 0 aromatic carbocycles. The zero-order chi connectivity index (χ0) is 15.7. The Morgan fingerprint density at radius 2 is 1.75 bits per heavy atom. The van der Waals surface area contributed by atoms with Crippen molar-refractivity contribution in [1.82, 2.24) is 5.32 Å². The smallest absolute Gasteiger partial charge is 0.331 e. The molecule has 114 valence electrons. The molecule has 0 aliphatic rings. The first-order chi connectivity index (χ1) is 9.23. The summed E-state index contributed by atoms with van der Waals surface area (Å²) in [4.78, 5) is 33.0. The van der Waals surface area contributed by atoms with Gasteiger partial charge in [-0.15, -0.1) is 0 Å². The predicted molar refractivity (Wildman–Crippen MR) is 68.5 cm³/mol. The van der Waals surface area contributed by atoms with Crippen LogP contribution in [0.5, 0.6) is 0 Å². The van der Waals surface area contributed by atoms with Gasteiger partial charge in [0.2, 0.25) is 0 Å². The molecular weight excluding hydrogens is 270 g/mol. The average Bonchev–Trinajstić information content (AvgIpc) is 2.32. The van der Waals surface area contributed by atoms with Crippen molar-refractivity contribution in [3.05, 3.63) is 0 Å². The SMILES string of the molecule is N=C(N)NCCCC(N)C(=O)OC(=O)C(N)CC(=O)O. The Labute approximate surface area is 115 Å². The largest absolute Gasteiger partial charge is 0.481 e. The lowest BCUT2D eigenvalue weighted by atomic mass is 10.1. The zero-order valence-corrected chi connectivity index (χ0v) is 10.8. The molecule has 9 N–H and O–H groups in total. The van der Waals surface area contributed by atoms with Gasteiger partial charge >= 0.3 is 17.9 Å². The third kappa shape index (κ3) is 8.00. The highest BCUT2D eigenvalue weighted by Crippen LogP contribution is 1.99. The Morgan fingerprint density at radius 3 is 2.25 bits per heavy atom. The second-order valence-corrected chi connectivity index (χ2v) is 4.03. The van der Waals surface area contributed by atoms with Gasteiger partial charge in [-0.2, -0.15) is 0 Å². The fraction of sp³-hybridized carbons (Fsp3) is 0.600. The normalized spacial score (nSPS) is 13.1. The number of aliphatic carboxylic acids is 1. The summed E-state index contributed by atoms with van der Waals surface area (Å²) in [6, 6.07) is -2.45. The van der Waals surface area contributed by atoms with E-state index in [-0.39, 0.29) is 12.4 Å². The highest BCUT2D eigenvalue weighted by atomic mass is 16.6. The summed E-state index contributed by atoms with van der Waals surface area (Å²) in [7, 11) is 0. The van der Waals surface area contributed by atoms with Crippen molar-refractivity contribution in [3.8, 4) is 0 Å². The van der Waals surface area contributed by atoms with Gasteiger partial charge in [0.05, 0.1) is 6.42 Å². The predicted octanol–water partition coefficient (Wildman–Crippen LogP) is -2.55. The van der Waals surface area contributed by atoms with Crippen molar-refractivity contribution < 1.29 is 24.2 Å². The van der Waals surface area contributed by atoms with Gasteiger partial charge in [-0.3, -0.25) is 10.2 Å². The van der Waals surface area contributed by atoms with Crippen LogP contribution in [0.4, 0.5) is 0 Å². The van der Waals surface area contributed by atoms with Crippen LogP contribution >= 0.6 is 0 Å². The quantitative estimate of drug-likeness (QED) is 0.0915. The lowest BCUT2D eigenvalue weighted by molar-refractivity contribution is -0.163. The average molecular weight is 289 g/mol. The number of hydrogen-bond donors (Lipinski definition) is 6. The highest BCUT2D eigenvalue weighted by Gasteiger charge is 2.24. The van der Waals surface area contributed by atoms with Gasteiger partial charge in [-0.25, -0.2) is 9.59 Å². The maximum Gasteiger partial charge on any atom is 0.331 e. The molecule has 0 aromatic heterocycles. The number of ether oxygens (including phenoxy) is 1. The number of carboxylic acid groups (broad SMARTS) is 1. The molecule has 2 unspecified atom stereocenters. The number of carbonyl (C=O) groups excluding carboxylic acids is 2. The minimum atomic E-state index is -1.41. The molecular formula is C10H19N5O5. The Hall–Kier alpha value is -2.20. The number of guanidine groups is 1. The fourth-order valence-electron chi connectivity index (χ4n) is 1.18. The molecule has 0 spiro atoms. The van der Waals surface area contributed by atoms with Crippen LogP contribution in [0.25, 0.3) is 0 Å². The van der Waals surface area contributed by atoms with E-state index in [0.29, 0.717) is 13.0 Å². The minimum absolute atomic E-state index is 0.198. The van der Waals surface area contributed by atoms with E-state index in [2.05, 4.69) is 10.1 Å². The van der Waals surface area contributed by atoms with E-state index in [1.54, 1.807) is 0 Å². The van der Waals surface area contributed by atoms with Crippen LogP contribution in [-0.4, -0.2) is 47.6 Å². The van der Waals surface area contributed by atoms with E-state index in [1.807, 2.05) is 0 Å². The van der Waals surface area contributed by atoms with Crippen molar-refractivity contribution in [1.29, 1.82) is 5.41 Å². The van der Waals surface area contributed by atoms with Gasteiger partial charge in [0.1, 0.15) is 12.1 Å². The summed E-state index contributed by atoms with van der Waals surface area (Å²) in [5.41, 5.74) is 15.8. The van der Waals surface area contributed by atoms with Crippen molar-refractivity contribution in [2.75, 3.05) is 6.54 Å². The highest BCUT2D eigenvalue weighted by molar-refractivity contribution is 5.92. The van der Waals surface area contributed by atoms with Crippen LogP contribution in [-0.2, 0) is 19.1 Å². The van der Waals surface area contributed by atoms with Gasteiger partial charge < -0.3 is 32.4 Å². The van der Waals surface area contributed by atoms with E-state index < -0.39 is 36.4 Å². The lowest BCUT2D eigenvalue weighted by Gasteiger charge is -2.12. The van der Waals surface area contributed by atoms with Crippen molar-refractivity contribution in [2.24, 2.45) is 17.2 Å². The molecule has 0 saturated heterocycles. The molecule has 0 radical (unpaired) electrons. The zero-order valence-electron chi connectivity index (χ0n) is 10.8. The number of rotatable bonds is 8. The molecule has 2 atom stereocenters. The third-order valence-electron chi connectivity index (χ3n) is 2.21. The molecule has 20 heavy (non-hydrogen) atoms. The van der Waals surface area contributed by atoms with Gasteiger partial charge in [-0.1, -0.05) is 0 Å². The summed E-state index contributed by atoms with van der Waals surface area (Å²) in [6.45, 7) is 0.350. The topological polar surface area (TPSA) is 195 Å². The van der Waals surface area contributed by atoms with Gasteiger partial charge in [0.25, 0.3) is 0 Å². The van der Waals surface area contributed by atoms with Crippen LogP contribution in [0.1, 0.15) is 19.3 Å². The van der Waals surface area contributed by atoms with Crippen LogP contribution in [0.3, 0.4) is 0 Å². The molecule has 0 aliphatic carbocycles. The van der Waals surface area contributed by atoms with E-state index in [9.17, 15) is 14.4 Å². The second kappa shape index (κ2) is 8.82. The maximum atomic E-state index is 11.4. The fourth-order valence-corrected chi connectivity index (χ4v) is 1.18. The molecule has 0 fully saturated rings. The molecule has 0 bridgehead atoms. The number of esters is 2. The monoisotopic (exact) mass is 289 g/mol. The van der Waals surface area contributed by atoms with Crippen LogP contribution in [0, 0.1) is 5.41 Å². The van der Waals surface area contributed by atoms with Crippen molar-refractivity contribution in [2.45, 2.75) is 31.3 Å². The summed E-state index contributed by atoms with van der Waals surface area (Å²) >= 11 is 0. The first-order valence-electron chi connectivity index (χ1n) is 5.80. The van der Waals surface area contributed by atoms with E-state index in [4.69, 9.17) is 27.7 Å². The first-order valence-corrected chi connectivity index (χ1v) is 5.80. The van der Waals surface area contributed by atoms with E-state index >= 15 is 0 Å². The minimum Gasteiger partial charge on any atom is -0.481 e. The Morgan fingerprint density at radius 1 is 1.20 bits per heavy atom. The van der Waals surface area contributed by atoms with Crippen LogP contribution < -0.4 is 22.5 Å². The molecule has 0 rings (SSSR count). The molecule has 0 aliphatic heterocycles. The van der Waals surface area contributed by atoms with Gasteiger partial charge in [0, 0.05) is 6.54 Å². The number of nitrogens with two attached hydrogens (primary N) is 3. The molecule has 0 saturated carbocycles. The number of nitrogens with one attached hydrogen (secondary N) is 2. The molecule has 0 heterocycles. The van der Waals surface area contributed by atoms with E-state index in [0.717, 1.165) is 0 Å². The van der Waals surface area contributed by atoms with E-state index in [1.165, 1.54) is 0 Å². The number of carboxylic acids is 1. The maximum absolute atomic E-state index is 11.4. The first kappa shape index (κ1) is 17.8. The summed E-state index contributed by atoms with van der Waals surface area (Å²) in [5, 5.41) is 17.9. The number of carbonyl (C=O) groups is 3. The number of hydrogen-bond acceptors (Lipinski definition) is 7. The Bertz CT molecular complexity index is 386. The Balaban J connectivity index is 4.03. The standard InChI is InChI=1S/C10H19N5O5/c11-5(2-1-3-15-10(13)14)8(18)20-9(19)6(12)4-7(16)17/h5-6H,1-4,11-12H2,(H,16,17)(H4,13,14,15). The Kier molecular flexibility index (Phi) is 7.85. The lowest BCUT2D eigenvalue weighted by Crippen LogP contribution is -2.41. The summed E-state index contributed by atoms with van der Waals surface area (Å²) in [6.07, 6.45) is 0.00958.